The lowest BCUT2D eigenvalue weighted by Gasteiger charge is -2.30. The molecule has 2 fully saturated rings. The van der Waals surface area contributed by atoms with Crippen molar-refractivity contribution in [3.63, 3.8) is 0 Å². The van der Waals surface area contributed by atoms with Crippen LogP contribution in [0, 0.1) is 0 Å². The highest BCUT2D eigenvalue weighted by atomic mass is 32.2. The van der Waals surface area contributed by atoms with Crippen molar-refractivity contribution in [2.75, 3.05) is 67.9 Å². The average Bonchev–Trinajstić information content (AvgIpc) is 3.66. The number of carbonyl (C=O) groups excluding carboxylic acids is 2. The van der Waals surface area contributed by atoms with Gasteiger partial charge in [-0.1, -0.05) is 27.7 Å². The molecule has 2 aliphatic heterocycles. The molecule has 2 amide bonds. The molecular weight excluding hydrogens is 813 g/mol. The molecule has 0 spiro atoms. The Labute approximate surface area is 344 Å². The van der Waals surface area contributed by atoms with E-state index < -0.39 is 61.7 Å². The third kappa shape index (κ3) is 11.7. The van der Waals surface area contributed by atoms with Crippen LogP contribution in [0.4, 0.5) is 28.9 Å². The summed E-state index contributed by atoms with van der Waals surface area (Å²) in [6.07, 6.45) is 0.994. The number of hydrogen-bond acceptors (Lipinski definition) is 12. The number of rotatable bonds is 21. The number of nitrogens with two attached hydrogens (primary N) is 2. The third-order valence-corrected chi connectivity index (χ3v) is 14.9. The molecule has 2 aromatic carbocycles. The first-order chi connectivity index (χ1) is 26.6. The van der Waals surface area contributed by atoms with Crippen molar-refractivity contribution in [1.82, 2.24) is 9.80 Å². The number of hydrogen-bond donors (Lipinski definition) is 3. The van der Waals surface area contributed by atoms with Crippen molar-refractivity contribution in [2.24, 2.45) is 0 Å². The van der Waals surface area contributed by atoms with E-state index in [2.05, 4.69) is 0 Å². The van der Waals surface area contributed by atoms with Crippen molar-refractivity contribution in [3.05, 3.63) is 35.4 Å². The van der Waals surface area contributed by atoms with E-state index in [1.807, 2.05) is 27.7 Å². The number of anilines is 2. The molecule has 5 N–H and O–H groups in total. The van der Waals surface area contributed by atoms with E-state index in [-0.39, 0.29) is 62.1 Å². The molecule has 0 aliphatic carbocycles. The Balaban J connectivity index is 1.30. The second-order valence-electron chi connectivity index (χ2n) is 13.4. The summed E-state index contributed by atoms with van der Waals surface area (Å²) in [6.45, 7) is 6.92. The van der Waals surface area contributed by atoms with E-state index in [0.29, 0.717) is 25.0 Å². The van der Waals surface area contributed by atoms with Crippen LogP contribution in [0.25, 0.3) is 0 Å². The highest BCUT2D eigenvalue weighted by molar-refractivity contribution is 8.17. The van der Waals surface area contributed by atoms with Crippen LogP contribution in [0.5, 0.6) is 23.0 Å². The number of likely N-dealkylation sites (tertiary alicyclic amines) is 2. The van der Waals surface area contributed by atoms with Crippen LogP contribution in [0.3, 0.4) is 0 Å². The second kappa shape index (κ2) is 20.8. The number of phenols is 1. The summed E-state index contributed by atoms with van der Waals surface area (Å²) in [6, 6.07) is 4.08. The minimum atomic E-state index is -3.02. The number of phenolic OH excluding ortho intramolecular Hbond substituents is 1. The molecule has 2 saturated heterocycles. The Bertz CT molecular complexity index is 1640. The number of thioether (sulfide) groups is 4. The molecule has 2 aromatic rings. The summed E-state index contributed by atoms with van der Waals surface area (Å²) >= 11 is 6.18. The molecule has 0 saturated carbocycles. The van der Waals surface area contributed by atoms with Gasteiger partial charge in [0.15, 0.2) is 23.0 Å². The molecule has 2 atom stereocenters. The predicted octanol–water partition coefficient (Wildman–Crippen LogP) is 8.56. The maximum atomic E-state index is 14.7. The minimum absolute atomic E-state index is 0.0160. The highest BCUT2D eigenvalue weighted by Gasteiger charge is 2.51. The molecular formula is C38H54F4N4O6S4. The Morgan fingerprint density at radius 1 is 0.714 bits per heavy atom. The minimum Gasteiger partial charge on any atom is -0.504 e. The molecule has 2 aliphatic rings. The first kappa shape index (κ1) is 46.0. The first-order valence-electron chi connectivity index (χ1n) is 18.8. The molecule has 4 rings (SSSR count). The Morgan fingerprint density at radius 2 is 1.12 bits per heavy atom. The topological polar surface area (TPSA) is 141 Å². The molecule has 0 aromatic heterocycles. The lowest BCUT2D eigenvalue weighted by Crippen LogP contribution is -2.41. The van der Waals surface area contributed by atoms with Gasteiger partial charge in [-0.2, -0.15) is 0 Å². The number of alkyl halides is 4. The molecule has 0 bridgehead atoms. The number of nitrogens with zero attached hydrogens (tertiary/aromatic N) is 2. The highest BCUT2D eigenvalue weighted by Crippen LogP contribution is 2.44. The smallest absolute Gasteiger partial charge is 0.267 e. The largest absolute Gasteiger partial charge is 0.504 e. The lowest BCUT2D eigenvalue weighted by molar-refractivity contribution is 0.0115. The second-order valence-corrected chi connectivity index (χ2v) is 19.7. The molecule has 56 heavy (non-hydrogen) atoms. The molecule has 10 nitrogen and oxygen atoms in total. The van der Waals surface area contributed by atoms with Gasteiger partial charge in [-0.3, -0.25) is 9.59 Å². The van der Waals surface area contributed by atoms with Crippen LogP contribution in [0.15, 0.2) is 24.3 Å². The van der Waals surface area contributed by atoms with Crippen LogP contribution in [-0.2, 0) is 0 Å². The van der Waals surface area contributed by atoms with Crippen molar-refractivity contribution in [2.45, 2.75) is 92.9 Å². The fourth-order valence-corrected chi connectivity index (χ4v) is 12.4. The van der Waals surface area contributed by atoms with Gasteiger partial charge < -0.3 is 40.6 Å². The van der Waals surface area contributed by atoms with Gasteiger partial charge in [0, 0.05) is 36.3 Å². The standard InChI is InChI=1S/C38H54F4N4O6S4/c1-6-53-35(54-7-2)27-19-37(39,40)21-45(27)33(48)23-15-29(47)30(17-25(23)43)51-13-11-10-12-14-52-32-18-26(44)24(16-31(32)50-5)34(49)46-22-38(41,42)20-28(46)36(55-8-3)56-9-4/h15-18,27-28,35-36,47H,6-14,19-22,43-44H2,1-5H3/t27-,28-/m0/s1. The molecule has 2 heterocycles. The predicted molar refractivity (Wildman–Crippen MR) is 224 cm³/mol. The van der Waals surface area contributed by atoms with Gasteiger partial charge in [0.25, 0.3) is 23.7 Å². The van der Waals surface area contributed by atoms with Crippen LogP contribution < -0.4 is 25.7 Å². The third-order valence-electron chi connectivity index (χ3n) is 9.32. The summed E-state index contributed by atoms with van der Waals surface area (Å²) < 4.78 is 75.3. The molecule has 0 unspecified atom stereocenters. The number of unbranched alkanes of at least 4 members (excludes halogenated alkanes) is 2. The van der Waals surface area contributed by atoms with Crippen LogP contribution in [0.1, 0.15) is 80.5 Å². The van der Waals surface area contributed by atoms with Crippen molar-refractivity contribution < 1.29 is 46.5 Å². The number of aromatic hydroxyl groups is 1. The normalized spacial score (nSPS) is 18.9. The van der Waals surface area contributed by atoms with Gasteiger partial charge in [0.05, 0.1) is 65.8 Å². The van der Waals surface area contributed by atoms with Gasteiger partial charge in [-0.15, -0.1) is 47.0 Å². The number of carbonyl (C=O) groups is 2. The van der Waals surface area contributed by atoms with Gasteiger partial charge in [0.2, 0.25) is 0 Å². The van der Waals surface area contributed by atoms with Crippen LogP contribution in [-0.4, -0.2) is 116 Å². The Kier molecular flexibility index (Phi) is 17.1. The van der Waals surface area contributed by atoms with E-state index in [4.69, 9.17) is 25.7 Å². The summed E-state index contributed by atoms with van der Waals surface area (Å²) in [5.41, 5.74) is 12.6. The zero-order chi connectivity index (χ0) is 41.2. The van der Waals surface area contributed by atoms with E-state index >= 15 is 0 Å². The summed E-state index contributed by atoms with van der Waals surface area (Å²) in [5, 5.41) is 10.7. The number of methoxy groups -OCH3 is 1. The van der Waals surface area contributed by atoms with Gasteiger partial charge >= 0.3 is 0 Å². The summed E-state index contributed by atoms with van der Waals surface area (Å²) in [7, 11) is 1.42. The van der Waals surface area contributed by atoms with Gasteiger partial charge in [-0.25, -0.2) is 17.6 Å². The average molecular weight is 867 g/mol. The van der Waals surface area contributed by atoms with Gasteiger partial charge in [-0.05, 0) is 54.4 Å². The number of amides is 2. The van der Waals surface area contributed by atoms with Crippen LogP contribution in [0.2, 0.25) is 0 Å². The Morgan fingerprint density at radius 3 is 1.55 bits per heavy atom. The van der Waals surface area contributed by atoms with Crippen molar-refractivity contribution in [3.8, 4) is 23.0 Å². The molecule has 18 heteroatoms. The number of benzene rings is 2. The summed E-state index contributed by atoms with van der Waals surface area (Å²) in [5.74, 6) is -4.04. The zero-order valence-electron chi connectivity index (χ0n) is 32.5. The first-order valence-corrected chi connectivity index (χ1v) is 23.0. The van der Waals surface area contributed by atoms with Crippen molar-refractivity contribution >= 4 is 70.2 Å². The monoisotopic (exact) mass is 866 g/mol. The van der Waals surface area contributed by atoms with Crippen LogP contribution >= 0.6 is 47.0 Å². The van der Waals surface area contributed by atoms with E-state index in [9.17, 15) is 32.3 Å². The van der Waals surface area contributed by atoms with E-state index in [0.717, 1.165) is 23.0 Å². The maximum absolute atomic E-state index is 14.7. The van der Waals surface area contributed by atoms with Crippen molar-refractivity contribution in [1.29, 1.82) is 0 Å². The molecule has 314 valence electrons. The number of ether oxygens (including phenoxy) is 3. The quantitative estimate of drug-likeness (QED) is 0.0364. The lowest BCUT2D eigenvalue weighted by atomic mass is 10.1. The Hall–Kier alpha value is -2.70. The zero-order valence-corrected chi connectivity index (χ0v) is 35.8. The van der Waals surface area contributed by atoms with E-state index in [1.54, 1.807) is 23.5 Å². The van der Waals surface area contributed by atoms with Gasteiger partial charge in [0.1, 0.15) is 0 Å². The SMILES string of the molecule is CCSC(SCC)[C@@H]1CC(F)(F)CN1C(=O)c1cc(O)c(OCCCCCOc2cc(N)c(C(=O)N3CC(F)(F)C[C@H]3C(SCC)SCC)cc2OC)cc1N. The maximum Gasteiger partial charge on any atom is 0.267 e. The molecule has 0 radical (unpaired) electrons. The number of nitrogen functional groups attached to an aromatic ring is 2. The fraction of sp³-hybridized carbons (Fsp3) is 0.632. The summed E-state index contributed by atoms with van der Waals surface area (Å²) in [4.78, 5) is 29.6. The number of halogens is 4. The fourth-order valence-electron chi connectivity index (χ4n) is 6.80. The van der Waals surface area contributed by atoms with E-state index in [1.165, 1.54) is 64.7 Å².